The highest BCUT2D eigenvalue weighted by Gasteiger charge is 2.09. The quantitative estimate of drug-likeness (QED) is 0.796. The van der Waals surface area contributed by atoms with Crippen LogP contribution in [0.1, 0.15) is 5.56 Å². The second-order valence-corrected chi connectivity index (χ2v) is 4.86. The van der Waals surface area contributed by atoms with Crippen molar-refractivity contribution in [1.29, 1.82) is 0 Å². The first kappa shape index (κ1) is 14.7. The monoisotopic (exact) mass is 291 g/mol. The van der Waals surface area contributed by atoms with Crippen LogP contribution in [0.4, 0.5) is 5.69 Å². The Kier molecular flexibility index (Phi) is 5.27. The van der Waals surface area contributed by atoms with Crippen LogP contribution in [0.15, 0.2) is 48.5 Å². The van der Waals surface area contributed by atoms with Crippen LogP contribution in [0, 0.1) is 6.92 Å². The fourth-order valence-corrected chi connectivity index (χ4v) is 1.92. The van der Waals surface area contributed by atoms with Gasteiger partial charge < -0.3 is 15.2 Å². The molecule has 1 atom stereocenters. The van der Waals surface area contributed by atoms with E-state index < -0.39 is 6.10 Å². The van der Waals surface area contributed by atoms with Crippen molar-refractivity contribution in [2.24, 2.45) is 0 Å². The summed E-state index contributed by atoms with van der Waals surface area (Å²) in [6.07, 6.45) is -0.582. The van der Waals surface area contributed by atoms with Crippen molar-refractivity contribution in [2.75, 3.05) is 17.7 Å². The van der Waals surface area contributed by atoms with Gasteiger partial charge in [0.1, 0.15) is 5.75 Å². The molecule has 2 aromatic carbocycles. The topological polar surface area (TPSA) is 41.5 Å². The molecule has 2 N–H and O–H groups in total. The number of aryl methyl sites for hydroxylation is 1. The van der Waals surface area contributed by atoms with Gasteiger partial charge in [0.15, 0.2) is 5.75 Å². The largest absolute Gasteiger partial charge is 0.455 e. The van der Waals surface area contributed by atoms with E-state index in [4.69, 9.17) is 16.3 Å². The molecule has 0 fully saturated rings. The third-order valence-electron chi connectivity index (χ3n) is 2.88. The minimum absolute atomic E-state index is 0.202. The predicted octanol–water partition coefficient (Wildman–Crippen LogP) is 3.80. The minimum Gasteiger partial charge on any atom is -0.455 e. The standard InChI is InChI=1S/C16H18ClNO2/c1-12-6-5-9-15(18-11-13(19)10-17)16(12)20-14-7-3-2-4-8-14/h2-9,13,18-19H,10-11H2,1H3. The number of nitrogens with one attached hydrogen (secondary N) is 1. The maximum Gasteiger partial charge on any atom is 0.153 e. The van der Waals surface area contributed by atoms with Gasteiger partial charge in [-0.05, 0) is 30.7 Å². The molecule has 2 rings (SSSR count). The summed E-state index contributed by atoms with van der Waals surface area (Å²) >= 11 is 5.60. The van der Waals surface area contributed by atoms with Gasteiger partial charge in [-0.1, -0.05) is 30.3 Å². The Morgan fingerprint density at radius 1 is 1.15 bits per heavy atom. The molecule has 4 heteroatoms. The molecule has 0 saturated heterocycles. The van der Waals surface area contributed by atoms with Crippen molar-refractivity contribution in [3.8, 4) is 11.5 Å². The Morgan fingerprint density at radius 2 is 1.90 bits per heavy atom. The first-order valence-electron chi connectivity index (χ1n) is 6.51. The van der Waals surface area contributed by atoms with Gasteiger partial charge in [0, 0.05) is 6.54 Å². The highest BCUT2D eigenvalue weighted by atomic mass is 35.5. The molecule has 0 spiro atoms. The van der Waals surface area contributed by atoms with Gasteiger partial charge in [0.2, 0.25) is 0 Å². The Balaban J connectivity index is 2.18. The van der Waals surface area contributed by atoms with Gasteiger partial charge in [-0.25, -0.2) is 0 Å². The van der Waals surface area contributed by atoms with E-state index in [1.807, 2.05) is 55.5 Å². The molecule has 0 aliphatic heterocycles. The van der Waals surface area contributed by atoms with Crippen LogP contribution in [-0.2, 0) is 0 Å². The van der Waals surface area contributed by atoms with Crippen LogP contribution in [-0.4, -0.2) is 23.6 Å². The second kappa shape index (κ2) is 7.17. The number of benzene rings is 2. The van der Waals surface area contributed by atoms with Gasteiger partial charge in [-0.3, -0.25) is 0 Å². The summed E-state index contributed by atoms with van der Waals surface area (Å²) in [6, 6.07) is 15.5. The Morgan fingerprint density at radius 3 is 2.60 bits per heavy atom. The molecule has 0 bridgehead atoms. The average molecular weight is 292 g/mol. The molecule has 1 unspecified atom stereocenters. The summed E-state index contributed by atoms with van der Waals surface area (Å²) in [5.74, 6) is 1.75. The number of hydrogen-bond acceptors (Lipinski definition) is 3. The summed E-state index contributed by atoms with van der Waals surface area (Å²) in [6.45, 7) is 2.37. The number of hydrogen-bond donors (Lipinski definition) is 2. The van der Waals surface area contributed by atoms with E-state index in [1.54, 1.807) is 0 Å². The molecule has 0 aromatic heterocycles. The fourth-order valence-electron chi connectivity index (χ4n) is 1.82. The van der Waals surface area contributed by atoms with Crippen LogP contribution in [0.25, 0.3) is 0 Å². The summed E-state index contributed by atoms with van der Waals surface area (Å²) < 4.78 is 5.93. The van der Waals surface area contributed by atoms with Crippen molar-refractivity contribution in [3.63, 3.8) is 0 Å². The molecule has 0 heterocycles. The smallest absolute Gasteiger partial charge is 0.153 e. The first-order chi connectivity index (χ1) is 9.70. The van der Waals surface area contributed by atoms with Crippen LogP contribution >= 0.6 is 11.6 Å². The number of anilines is 1. The zero-order valence-electron chi connectivity index (χ0n) is 11.3. The molecule has 0 saturated carbocycles. The molecule has 106 valence electrons. The van der Waals surface area contributed by atoms with E-state index in [9.17, 15) is 5.11 Å². The predicted molar refractivity (Wildman–Crippen MR) is 82.9 cm³/mol. The lowest BCUT2D eigenvalue weighted by molar-refractivity contribution is 0.211. The third-order valence-corrected chi connectivity index (χ3v) is 3.24. The van der Waals surface area contributed by atoms with E-state index in [0.717, 1.165) is 22.7 Å². The molecule has 3 nitrogen and oxygen atoms in total. The number of aliphatic hydroxyl groups is 1. The molecule has 0 radical (unpaired) electrons. The molecule has 0 amide bonds. The SMILES string of the molecule is Cc1cccc(NCC(O)CCl)c1Oc1ccccc1. The van der Waals surface area contributed by atoms with E-state index in [1.165, 1.54) is 0 Å². The van der Waals surface area contributed by atoms with Crippen molar-refractivity contribution >= 4 is 17.3 Å². The summed E-state index contributed by atoms with van der Waals surface area (Å²) in [4.78, 5) is 0. The van der Waals surface area contributed by atoms with E-state index in [2.05, 4.69) is 5.32 Å². The van der Waals surface area contributed by atoms with Crippen LogP contribution in [0.2, 0.25) is 0 Å². The average Bonchev–Trinajstić information content (AvgIpc) is 2.48. The van der Waals surface area contributed by atoms with Gasteiger partial charge in [0.05, 0.1) is 17.7 Å². The Hall–Kier alpha value is -1.71. The second-order valence-electron chi connectivity index (χ2n) is 4.56. The number of halogens is 1. The maximum atomic E-state index is 9.53. The Labute approximate surface area is 124 Å². The van der Waals surface area contributed by atoms with Crippen LogP contribution in [0.3, 0.4) is 0 Å². The van der Waals surface area contributed by atoms with Crippen molar-refractivity contribution < 1.29 is 9.84 Å². The molecule has 0 aliphatic carbocycles. The molecular formula is C16H18ClNO2. The van der Waals surface area contributed by atoms with Crippen molar-refractivity contribution in [2.45, 2.75) is 13.0 Å². The third kappa shape index (κ3) is 3.89. The minimum atomic E-state index is -0.582. The van der Waals surface area contributed by atoms with Gasteiger partial charge in [0.25, 0.3) is 0 Å². The van der Waals surface area contributed by atoms with Crippen molar-refractivity contribution in [1.82, 2.24) is 0 Å². The molecule has 0 aliphatic rings. The normalized spacial score (nSPS) is 11.9. The van der Waals surface area contributed by atoms with Crippen molar-refractivity contribution in [3.05, 3.63) is 54.1 Å². The van der Waals surface area contributed by atoms with E-state index >= 15 is 0 Å². The first-order valence-corrected chi connectivity index (χ1v) is 7.04. The van der Waals surface area contributed by atoms with Gasteiger partial charge in [-0.2, -0.15) is 0 Å². The Bertz CT molecular complexity index is 545. The highest BCUT2D eigenvalue weighted by molar-refractivity contribution is 6.18. The summed E-state index contributed by atoms with van der Waals surface area (Å²) in [5.41, 5.74) is 1.87. The zero-order chi connectivity index (χ0) is 14.4. The lowest BCUT2D eigenvalue weighted by Gasteiger charge is -2.16. The van der Waals surface area contributed by atoms with E-state index in [-0.39, 0.29) is 5.88 Å². The maximum absolute atomic E-state index is 9.53. The number of rotatable bonds is 6. The lowest BCUT2D eigenvalue weighted by Crippen LogP contribution is -2.21. The van der Waals surface area contributed by atoms with E-state index in [0.29, 0.717) is 6.54 Å². The number of ether oxygens (including phenoxy) is 1. The van der Waals surface area contributed by atoms with Gasteiger partial charge >= 0.3 is 0 Å². The lowest BCUT2D eigenvalue weighted by atomic mass is 10.2. The summed E-state index contributed by atoms with van der Waals surface area (Å²) in [7, 11) is 0. The molecule has 2 aromatic rings. The molecule has 20 heavy (non-hydrogen) atoms. The number of alkyl halides is 1. The van der Waals surface area contributed by atoms with Crippen LogP contribution < -0.4 is 10.1 Å². The zero-order valence-corrected chi connectivity index (χ0v) is 12.1. The van der Waals surface area contributed by atoms with Crippen LogP contribution in [0.5, 0.6) is 11.5 Å². The number of para-hydroxylation sites is 2. The number of aliphatic hydroxyl groups excluding tert-OH is 1. The highest BCUT2D eigenvalue weighted by Crippen LogP contribution is 2.32. The molecular weight excluding hydrogens is 274 g/mol. The fraction of sp³-hybridized carbons (Fsp3) is 0.250. The van der Waals surface area contributed by atoms with Gasteiger partial charge in [-0.15, -0.1) is 11.6 Å². The summed E-state index contributed by atoms with van der Waals surface area (Å²) in [5, 5.41) is 12.7.